The summed E-state index contributed by atoms with van der Waals surface area (Å²) in [4.78, 5) is 19.1. The Morgan fingerprint density at radius 3 is 2.46 bits per heavy atom. The number of carbonyl (C=O) groups is 1. The molecule has 1 unspecified atom stereocenters. The molecule has 2 heterocycles. The lowest BCUT2D eigenvalue weighted by atomic mass is 9.87. The molecule has 1 aliphatic rings. The number of aromatic nitrogens is 3. The van der Waals surface area contributed by atoms with Gasteiger partial charge < -0.3 is 24.8 Å². The molecule has 6 rings (SSSR count). The van der Waals surface area contributed by atoms with Crippen molar-refractivity contribution in [1.82, 2.24) is 14.8 Å². The third-order valence-electron chi connectivity index (χ3n) is 8.60. The summed E-state index contributed by atoms with van der Waals surface area (Å²) in [7, 11) is 1.57. The van der Waals surface area contributed by atoms with Gasteiger partial charge in [-0.25, -0.2) is 4.68 Å². The SMILES string of the molecule is CCOc1cc(C2C(C(=O)Nc3ccccc3OC)=C(C)Nc3nc(SCc4ccccc4Cl)nn32)cc(Br)c1OCc1ccc(C(C)(C)C)cc1. The van der Waals surface area contributed by atoms with Crippen molar-refractivity contribution in [2.75, 3.05) is 24.4 Å². The molecule has 9 nitrogen and oxygen atoms in total. The first-order valence-corrected chi connectivity index (χ1v) is 19.1. The number of rotatable bonds is 12. The van der Waals surface area contributed by atoms with Crippen molar-refractivity contribution in [3.8, 4) is 17.2 Å². The first-order valence-electron chi connectivity index (χ1n) is 16.9. The number of amides is 1. The van der Waals surface area contributed by atoms with Gasteiger partial charge in [0.25, 0.3) is 5.91 Å². The summed E-state index contributed by atoms with van der Waals surface area (Å²) in [5.41, 5.74) is 5.70. The second-order valence-corrected chi connectivity index (χ2v) is 15.5. The molecule has 1 aromatic heterocycles. The van der Waals surface area contributed by atoms with Gasteiger partial charge in [0.2, 0.25) is 11.1 Å². The van der Waals surface area contributed by atoms with Gasteiger partial charge in [-0.1, -0.05) is 98.7 Å². The van der Waals surface area contributed by atoms with E-state index >= 15 is 0 Å². The molecule has 5 aromatic rings. The highest BCUT2D eigenvalue weighted by atomic mass is 79.9. The van der Waals surface area contributed by atoms with Crippen LogP contribution < -0.4 is 24.8 Å². The van der Waals surface area contributed by atoms with Crippen LogP contribution in [0.1, 0.15) is 62.9 Å². The minimum atomic E-state index is -0.678. The number of methoxy groups -OCH3 is 1. The van der Waals surface area contributed by atoms with Crippen molar-refractivity contribution >= 4 is 56.8 Å². The number of benzene rings is 4. The number of anilines is 2. The molecule has 270 valence electrons. The lowest BCUT2D eigenvalue weighted by Gasteiger charge is -2.29. The van der Waals surface area contributed by atoms with E-state index < -0.39 is 6.04 Å². The van der Waals surface area contributed by atoms with E-state index in [1.807, 2.05) is 62.4 Å². The van der Waals surface area contributed by atoms with E-state index in [1.165, 1.54) is 17.3 Å². The first kappa shape index (κ1) is 37.3. The zero-order valence-corrected chi connectivity index (χ0v) is 33.1. The van der Waals surface area contributed by atoms with E-state index in [9.17, 15) is 4.79 Å². The maximum absolute atomic E-state index is 14.3. The highest BCUT2D eigenvalue weighted by molar-refractivity contribution is 9.10. The lowest BCUT2D eigenvalue weighted by molar-refractivity contribution is -0.113. The number of nitrogens with zero attached hydrogens (tertiary/aromatic N) is 3. The number of hydrogen-bond donors (Lipinski definition) is 2. The third kappa shape index (κ3) is 8.27. The van der Waals surface area contributed by atoms with Gasteiger partial charge in [-0.15, -0.1) is 5.10 Å². The summed E-state index contributed by atoms with van der Waals surface area (Å²) in [5.74, 6) is 2.41. The fourth-order valence-corrected chi connectivity index (χ4v) is 7.58. The van der Waals surface area contributed by atoms with E-state index in [4.69, 9.17) is 35.9 Å². The molecule has 0 radical (unpaired) electrons. The van der Waals surface area contributed by atoms with E-state index in [0.29, 0.717) is 73.8 Å². The number of halogens is 2. The normalized spacial score (nSPS) is 14.0. The molecule has 52 heavy (non-hydrogen) atoms. The zero-order chi connectivity index (χ0) is 37.0. The number of thioether (sulfide) groups is 1. The Kier molecular flexibility index (Phi) is 11.5. The topological polar surface area (TPSA) is 99.5 Å². The summed E-state index contributed by atoms with van der Waals surface area (Å²) in [6.07, 6.45) is 0. The van der Waals surface area contributed by atoms with Gasteiger partial charge in [-0.05, 0) is 87.8 Å². The highest BCUT2D eigenvalue weighted by Crippen LogP contribution is 2.44. The number of carbonyl (C=O) groups excluding carboxylic acids is 1. The maximum atomic E-state index is 14.3. The summed E-state index contributed by atoms with van der Waals surface area (Å²) < 4.78 is 20.5. The van der Waals surface area contributed by atoms with Gasteiger partial charge in [0.1, 0.15) is 18.4 Å². The van der Waals surface area contributed by atoms with Crippen LogP contribution in [0.2, 0.25) is 5.02 Å². The van der Waals surface area contributed by atoms with Crippen LogP contribution in [0, 0.1) is 0 Å². The van der Waals surface area contributed by atoms with Gasteiger partial charge >= 0.3 is 0 Å². The van der Waals surface area contributed by atoms with Crippen LogP contribution in [0.5, 0.6) is 17.2 Å². The van der Waals surface area contributed by atoms with E-state index in [2.05, 4.69) is 71.6 Å². The van der Waals surface area contributed by atoms with E-state index in [1.54, 1.807) is 23.9 Å². The van der Waals surface area contributed by atoms with Crippen LogP contribution in [0.15, 0.2) is 106 Å². The van der Waals surface area contributed by atoms with Gasteiger partial charge in [0.05, 0.1) is 29.4 Å². The largest absolute Gasteiger partial charge is 0.495 e. The van der Waals surface area contributed by atoms with Gasteiger partial charge in [0.15, 0.2) is 11.5 Å². The number of fused-ring (bicyclic) bond motifs is 1. The Balaban J connectivity index is 1.37. The minimum Gasteiger partial charge on any atom is -0.495 e. The summed E-state index contributed by atoms with van der Waals surface area (Å²) in [6, 6.07) is 26.6. The van der Waals surface area contributed by atoms with Gasteiger partial charge in [0, 0.05) is 16.5 Å². The van der Waals surface area contributed by atoms with Crippen LogP contribution in [0.3, 0.4) is 0 Å². The number of nitrogens with one attached hydrogen (secondary N) is 2. The van der Waals surface area contributed by atoms with Crippen LogP contribution in [-0.4, -0.2) is 34.4 Å². The molecule has 4 aromatic carbocycles. The number of para-hydroxylation sites is 2. The Morgan fingerprint density at radius 2 is 1.75 bits per heavy atom. The van der Waals surface area contributed by atoms with Gasteiger partial charge in [-0.3, -0.25) is 4.79 Å². The predicted molar refractivity (Wildman–Crippen MR) is 212 cm³/mol. The van der Waals surface area contributed by atoms with Gasteiger partial charge in [-0.2, -0.15) is 4.98 Å². The molecule has 0 bridgehead atoms. The molecular formula is C40H41BrClN5O4S. The Morgan fingerprint density at radius 1 is 1.02 bits per heavy atom. The molecule has 1 aliphatic heterocycles. The van der Waals surface area contributed by atoms with Crippen LogP contribution in [0.25, 0.3) is 0 Å². The Hall–Kier alpha value is -4.45. The first-order chi connectivity index (χ1) is 25.0. The molecule has 0 spiro atoms. The van der Waals surface area contributed by atoms with E-state index in [0.717, 1.165) is 16.7 Å². The quantitative estimate of drug-likeness (QED) is 0.120. The molecule has 1 atom stereocenters. The number of hydrogen-bond acceptors (Lipinski definition) is 8. The molecule has 1 amide bonds. The maximum Gasteiger partial charge on any atom is 0.255 e. The highest BCUT2D eigenvalue weighted by Gasteiger charge is 2.36. The molecule has 0 saturated heterocycles. The lowest BCUT2D eigenvalue weighted by Crippen LogP contribution is -2.31. The molecule has 0 aliphatic carbocycles. The third-order valence-corrected chi connectivity index (χ3v) is 10.4. The fourth-order valence-electron chi connectivity index (χ4n) is 5.90. The van der Waals surface area contributed by atoms with Crippen LogP contribution in [0.4, 0.5) is 11.6 Å². The second kappa shape index (κ2) is 16.1. The average Bonchev–Trinajstić information content (AvgIpc) is 3.52. The second-order valence-electron chi connectivity index (χ2n) is 13.3. The number of ether oxygens (including phenoxy) is 3. The Labute approximate surface area is 322 Å². The smallest absolute Gasteiger partial charge is 0.255 e. The summed E-state index contributed by atoms with van der Waals surface area (Å²) in [5, 5.41) is 12.5. The van der Waals surface area contributed by atoms with Crippen LogP contribution >= 0.6 is 39.3 Å². The van der Waals surface area contributed by atoms with Crippen molar-refractivity contribution in [2.45, 2.75) is 63.6 Å². The van der Waals surface area contributed by atoms with Crippen molar-refractivity contribution < 1.29 is 19.0 Å². The molecule has 0 fully saturated rings. The van der Waals surface area contributed by atoms with Crippen LogP contribution in [-0.2, 0) is 22.6 Å². The average molecular weight is 803 g/mol. The fraction of sp³-hybridized carbons (Fsp3) is 0.275. The van der Waals surface area contributed by atoms with Crippen molar-refractivity contribution in [1.29, 1.82) is 0 Å². The van der Waals surface area contributed by atoms with Crippen molar-refractivity contribution in [2.24, 2.45) is 0 Å². The predicted octanol–water partition coefficient (Wildman–Crippen LogP) is 10.2. The van der Waals surface area contributed by atoms with Crippen molar-refractivity contribution in [3.05, 3.63) is 128 Å². The molecular weight excluding hydrogens is 762 g/mol. The molecule has 2 N–H and O–H groups in total. The standard InChI is InChI=1S/C40H41BrClN5O4S/c1-7-50-33-21-27(20-29(41)36(33)51-22-25-16-18-28(19-17-25)40(3,4)5)35-34(37(48)44-31-14-10-11-15-32(31)49-6)24(2)43-38-45-39(46-47(35)38)52-23-26-12-8-9-13-30(26)42/h8-21,35H,7,22-23H2,1-6H3,(H,44,48)(H,43,45,46). The number of allylic oxidation sites excluding steroid dienone is 1. The monoisotopic (exact) mass is 801 g/mol. The zero-order valence-electron chi connectivity index (χ0n) is 29.9. The minimum absolute atomic E-state index is 0.0593. The molecule has 12 heteroatoms. The summed E-state index contributed by atoms with van der Waals surface area (Å²) in [6.45, 7) is 11.1. The Bertz CT molecular complexity index is 2110. The van der Waals surface area contributed by atoms with E-state index in [-0.39, 0.29) is 11.3 Å². The molecule has 0 saturated carbocycles. The van der Waals surface area contributed by atoms with Crippen molar-refractivity contribution in [3.63, 3.8) is 0 Å². The summed E-state index contributed by atoms with van der Waals surface area (Å²) >= 11 is 11.7.